The zero-order valence-electron chi connectivity index (χ0n) is 12.6. The van der Waals surface area contributed by atoms with Crippen LogP contribution in [0.5, 0.6) is 0 Å². The van der Waals surface area contributed by atoms with Gasteiger partial charge in [0, 0.05) is 42.0 Å². The largest absolute Gasteiger partial charge is 0.354 e. The molecule has 0 N–H and O–H groups in total. The number of rotatable bonds is 2. The Labute approximate surface area is 130 Å². The van der Waals surface area contributed by atoms with Crippen LogP contribution in [0, 0.1) is 6.92 Å². The van der Waals surface area contributed by atoms with Crippen molar-refractivity contribution in [3.8, 4) is 0 Å². The van der Waals surface area contributed by atoms with Gasteiger partial charge in [0.1, 0.15) is 5.84 Å². The summed E-state index contributed by atoms with van der Waals surface area (Å²) in [7, 11) is 2.18. The number of piperazine rings is 1. The molecule has 2 heterocycles. The summed E-state index contributed by atoms with van der Waals surface area (Å²) in [5.41, 5.74) is 2.26. The molecule has 1 aromatic carbocycles. The number of hydrogen-bond acceptors (Lipinski definition) is 3. The van der Waals surface area contributed by atoms with Crippen LogP contribution in [0.15, 0.2) is 46.8 Å². The van der Waals surface area contributed by atoms with Crippen molar-refractivity contribution in [1.29, 1.82) is 0 Å². The lowest BCUT2D eigenvalue weighted by atomic mass is 10.2. The molecular formula is C17H21N3S. The van der Waals surface area contributed by atoms with Crippen molar-refractivity contribution in [3.05, 3.63) is 52.2 Å². The van der Waals surface area contributed by atoms with Crippen LogP contribution in [0.4, 0.5) is 5.69 Å². The molecule has 0 spiro atoms. The normalized spacial score (nSPS) is 17.2. The van der Waals surface area contributed by atoms with Gasteiger partial charge in [-0.1, -0.05) is 18.2 Å². The summed E-state index contributed by atoms with van der Waals surface area (Å²) in [6.45, 7) is 6.42. The van der Waals surface area contributed by atoms with Crippen LogP contribution in [0.1, 0.15) is 10.4 Å². The fourth-order valence-corrected chi connectivity index (χ4v) is 3.20. The predicted molar refractivity (Wildman–Crippen MR) is 90.8 cm³/mol. The van der Waals surface area contributed by atoms with Crippen molar-refractivity contribution in [2.45, 2.75) is 6.92 Å². The monoisotopic (exact) mass is 299 g/mol. The average Bonchev–Trinajstić information content (AvgIpc) is 2.93. The second-order valence-corrected chi connectivity index (χ2v) is 6.62. The number of aryl methyl sites for hydroxylation is 1. The van der Waals surface area contributed by atoms with Crippen LogP contribution in [0.25, 0.3) is 0 Å². The molecule has 1 aliphatic rings. The Morgan fingerprint density at radius 3 is 2.43 bits per heavy atom. The van der Waals surface area contributed by atoms with Crippen LogP contribution in [-0.4, -0.2) is 48.9 Å². The molecule has 4 heteroatoms. The summed E-state index contributed by atoms with van der Waals surface area (Å²) in [6, 6.07) is 12.5. The van der Waals surface area contributed by atoms with Gasteiger partial charge in [0.25, 0.3) is 0 Å². The van der Waals surface area contributed by atoms with E-state index >= 15 is 0 Å². The maximum Gasteiger partial charge on any atom is 0.137 e. The number of aliphatic imine (C=N–C) groups is 1. The van der Waals surface area contributed by atoms with E-state index in [4.69, 9.17) is 4.99 Å². The van der Waals surface area contributed by atoms with E-state index in [1.807, 2.05) is 18.2 Å². The molecule has 1 fully saturated rings. The minimum Gasteiger partial charge on any atom is -0.354 e. The first-order valence-corrected chi connectivity index (χ1v) is 8.23. The third kappa shape index (κ3) is 3.52. The minimum absolute atomic E-state index is 1.02. The van der Waals surface area contributed by atoms with E-state index in [0.717, 1.165) is 37.7 Å². The molecule has 0 aliphatic carbocycles. The van der Waals surface area contributed by atoms with Crippen LogP contribution >= 0.6 is 11.3 Å². The average molecular weight is 299 g/mol. The molecule has 2 aromatic rings. The van der Waals surface area contributed by atoms with E-state index in [9.17, 15) is 0 Å². The van der Waals surface area contributed by atoms with E-state index in [0.29, 0.717) is 0 Å². The lowest BCUT2D eigenvalue weighted by Gasteiger charge is -2.34. The van der Waals surface area contributed by atoms with Crippen molar-refractivity contribution in [2.75, 3.05) is 33.2 Å². The van der Waals surface area contributed by atoms with Gasteiger partial charge in [0.15, 0.2) is 0 Å². The van der Waals surface area contributed by atoms with Gasteiger partial charge < -0.3 is 9.80 Å². The second-order valence-electron chi connectivity index (χ2n) is 5.51. The Morgan fingerprint density at radius 2 is 1.81 bits per heavy atom. The summed E-state index contributed by atoms with van der Waals surface area (Å²) in [6.07, 6.45) is 0. The Morgan fingerprint density at radius 1 is 1.10 bits per heavy atom. The number of benzene rings is 1. The molecule has 1 aliphatic heterocycles. The van der Waals surface area contributed by atoms with E-state index in [1.54, 1.807) is 11.3 Å². The molecule has 0 atom stereocenters. The molecular weight excluding hydrogens is 278 g/mol. The number of amidine groups is 1. The summed E-state index contributed by atoms with van der Waals surface area (Å²) < 4.78 is 0. The van der Waals surface area contributed by atoms with Gasteiger partial charge in [-0.15, -0.1) is 11.3 Å². The maximum atomic E-state index is 4.92. The van der Waals surface area contributed by atoms with Crippen molar-refractivity contribution < 1.29 is 0 Å². The Balaban J connectivity index is 1.93. The lowest BCUT2D eigenvalue weighted by molar-refractivity contribution is 0.216. The fraction of sp³-hybridized carbons (Fsp3) is 0.353. The van der Waals surface area contributed by atoms with Crippen LogP contribution < -0.4 is 0 Å². The van der Waals surface area contributed by atoms with Crippen molar-refractivity contribution in [1.82, 2.24) is 9.80 Å². The molecule has 3 rings (SSSR count). The highest BCUT2D eigenvalue weighted by molar-refractivity contribution is 7.10. The maximum absolute atomic E-state index is 4.92. The third-order valence-corrected chi connectivity index (χ3v) is 4.64. The number of nitrogens with zero attached hydrogens (tertiary/aromatic N) is 3. The van der Waals surface area contributed by atoms with Gasteiger partial charge in [0.2, 0.25) is 0 Å². The molecule has 0 unspecified atom stereocenters. The van der Waals surface area contributed by atoms with Gasteiger partial charge in [-0.25, -0.2) is 4.99 Å². The first kappa shape index (κ1) is 14.3. The SMILES string of the molecule is Cc1cc(C(=Nc2ccccc2)N2CCN(C)CC2)cs1. The zero-order chi connectivity index (χ0) is 14.7. The second kappa shape index (κ2) is 6.41. The smallest absolute Gasteiger partial charge is 0.137 e. The highest BCUT2D eigenvalue weighted by Crippen LogP contribution is 2.20. The van der Waals surface area contributed by atoms with Gasteiger partial charge in [0.05, 0.1) is 5.69 Å². The molecule has 0 amide bonds. The Kier molecular flexibility index (Phi) is 4.36. The molecule has 1 aromatic heterocycles. The number of thiophene rings is 1. The highest BCUT2D eigenvalue weighted by Gasteiger charge is 2.19. The van der Waals surface area contributed by atoms with Crippen molar-refractivity contribution in [3.63, 3.8) is 0 Å². The van der Waals surface area contributed by atoms with Crippen LogP contribution in [-0.2, 0) is 0 Å². The molecule has 21 heavy (non-hydrogen) atoms. The van der Waals surface area contributed by atoms with Gasteiger partial charge >= 0.3 is 0 Å². The first-order chi connectivity index (χ1) is 10.2. The number of para-hydroxylation sites is 1. The molecule has 110 valence electrons. The van der Waals surface area contributed by atoms with Crippen molar-refractivity contribution >= 4 is 22.9 Å². The first-order valence-electron chi connectivity index (χ1n) is 7.35. The third-order valence-electron chi connectivity index (χ3n) is 3.78. The van der Waals surface area contributed by atoms with E-state index in [2.05, 4.69) is 47.4 Å². The van der Waals surface area contributed by atoms with E-state index in [-0.39, 0.29) is 0 Å². The van der Waals surface area contributed by atoms with E-state index < -0.39 is 0 Å². The standard InChI is InChI=1S/C17H21N3S/c1-14-12-15(13-21-14)17(18-16-6-4-3-5-7-16)20-10-8-19(2)9-11-20/h3-7,12-13H,8-11H2,1-2H3. The van der Waals surface area contributed by atoms with Crippen molar-refractivity contribution in [2.24, 2.45) is 4.99 Å². The van der Waals surface area contributed by atoms with E-state index in [1.165, 1.54) is 10.4 Å². The molecule has 0 bridgehead atoms. The summed E-state index contributed by atoms with van der Waals surface area (Å²) in [5, 5.41) is 2.22. The number of likely N-dealkylation sites (N-methyl/N-ethyl adjacent to an activating group) is 1. The predicted octanol–water partition coefficient (Wildman–Crippen LogP) is 3.38. The molecule has 0 saturated carbocycles. The zero-order valence-corrected chi connectivity index (χ0v) is 13.4. The molecule has 3 nitrogen and oxygen atoms in total. The highest BCUT2D eigenvalue weighted by atomic mass is 32.1. The summed E-state index contributed by atoms with van der Waals surface area (Å²) in [5.74, 6) is 1.11. The summed E-state index contributed by atoms with van der Waals surface area (Å²) >= 11 is 1.79. The lowest BCUT2D eigenvalue weighted by Crippen LogP contribution is -2.47. The summed E-state index contributed by atoms with van der Waals surface area (Å²) in [4.78, 5) is 11.0. The minimum atomic E-state index is 1.02. The Hall–Kier alpha value is -1.65. The molecule has 0 radical (unpaired) electrons. The van der Waals surface area contributed by atoms with Gasteiger partial charge in [-0.05, 0) is 32.2 Å². The fourth-order valence-electron chi connectivity index (χ4n) is 2.52. The number of hydrogen-bond donors (Lipinski definition) is 0. The Bertz CT molecular complexity index is 610. The van der Waals surface area contributed by atoms with Crippen LogP contribution in [0.2, 0.25) is 0 Å². The van der Waals surface area contributed by atoms with Gasteiger partial charge in [-0.2, -0.15) is 0 Å². The molecule has 1 saturated heterocycles. The van der Waals surface area contributed by atoms with Crippen LogP contribution in [0.3, 0.4) is 0 Å². The van der Waals surface area contributed by atoms with Gasteiger partial charge in [-0.3, -0.25) is 0 Å². The topological polar surface area (TPSA) is 18.8 Å². The quantitative estimate of drug-likeness (QED) is 0.625.